The van der Waals surface area contributed by atoms with Gasteiger partial charge < -0.3 is 20.1 Å². The standard InChI is InChI=1S/C19H27N3O4/c1-19(14-6-9-20-10-7-14)17(23)22(18(24)21-19)11-8-13-4-5-15(25-2)16(12-13)26-3/h4-5,12,14,20H,6-11H2,1-3H3,(H,21,24)/t19-/m0/s1. The van der Waals surface area contributed by atoms with Gasteiger partial charge in [-0.3, -0.25) is 9.69 Å². The van der Waals surface area contributed by atoms with Crippen molar-refractivity contribution < 1.29 is 19.1 Å². The zero-order valence-corrected chi connectivity index (χ0v) is 15.6. The van der Waals surface area contributed by atoms with Gasteiger partial charge in [-0.25, -0.2) is 4.79 Å². The van der Waals surface area contributed by atoms with Crippen LogP contribution in [-0.4, -0.2) is 56.2 Å². The molecule has 2 saturated heterocycles. The van der Waals surface area contributed by atoms with Crippen molar-refractivity contribution in [2.75, 3.05) is 33.9 Å². The number of nitrogens with zero attached hydrogens (tertiary/aromatic N) is 1. The molecule has 7 heteroatoms. The van der Waals surface area contributed by atoms with E-state index in [4.69, 9.17) is 9.47 Å². The molecule has 0 radical (unpaired) electrons. The number of methoxy groups -OCH3 is 2. The third-order valence-corrected chi connectivity index (χ3v) is 5.53. The van der Waals surface area contributed by atoms with Crippen molar-refractivity contribution in [2.45, 2.75) is 31.7 Å². The van der Waals surface area contributed by atoms with Crippen LogP contribution in [0.1, 0.15) is 25.3 Å². The first-order valence-corrected chi connectivity index (χ1v) is 9.05. The van der Waals surface area contributed by atoms with Gasteiger partial charge >= 0.3 is 6.03 Å². The van der Waals surface area contributed by atoms with Gasteiger partial charge in [-0.05, 0) is 62.9 Å². The van der Waals surface area contributed by atoms with E-state index in [1.807, 2.05) is 25.1 Å². The highest BCUT2D eigenvalue weighted by atomic mass is 16.5. The van der Waals surface area contributed by atoms with Gasteiger partial charge in [-0.1, -0.05) is 6.07 Å². The molecule has 7 nitrogen and oxygen atoms in total. The van der Waals surface area contributed by atoms with E-state index in [2.05, 4.69) is 10.6 Å². The second-order valence-electron chi connectivity index (χ2n) is 7.05. The summed E-state index contributed by atoms with van der Waals surface area (Å²) in [6.07, 6.45) is 2.36. The van der Waals surface area contributed by atoms with Crippen LogP contribution in [0.4, 0.5) is 4.79 Å². The lowest BCUT2D eigenvalue weighted by Crippen LogP contribution is -2.53. The lowest BCUT2D eigenvalue weighted by molar-refractivity contribution is -0.132. The SMILES string of the molecule is COc1ccc(CCN2C(=O)N[C@@](C)(C3CCNCC3)C2=O)cc1OC. The fraction of sp³-hybridized carbons (Fsp3) is 0.579. The minimum atomic E-state index is -0.795. The summed E-state index contributed by atoms with van der Waals surface area (Å²) in [7, 11) is 3.18. The summed E-state index contributed by atoms with van der Waals surface area (Å²) >= 11 is 0. The summed E-state index contributed by atoms with van der Waals surface area (Å²) in [5.41, 5.74) is 0.190. The molecule has 142 valence electrons. The number of rotatable bonds is 6. The van der Waals surface area contributed by atoms with Crippen LogP contribution in [-0.2, 0) is 11.2 Å². The lowest BCUT2D eigenvalue weighted by atomic mass is 9.79. The summed E-state index contributed by atoms with van der Waals surface area (Å²) in [6.45, 7) is 3.98. The van der Waals surface area contributed by atoms with Gasteiger partial charge in [0.1, 0.15) is 5.54 Å². The second kappa shape index (κ2) is 7.53. The van der Waals surface area contributed by atoms with Crippen molar-refractivity contribution in [3.63, 3.8) is 0 Å². The van der Waals surface area contributed by atoms with Gasteiger partial charge in [0.05, 0.1) is 14.2 Å². The maximum atomic E-state index is 13.0. The third-order valence-electron chi connectivity index (χ3n) is 5.53. The predicted octanol–water partition coefficient (Wildman–Crippen LogP) is 1.56. The molecule has 1 aromatic rings. The van der Waals surface area contributed by atoms with Gasteiger partial charge in [0.2, 0.25) is 0 Å². The van der Waals surface area contributed by atoms with Crippen molar-refractivity contribution in [2.24, 2.45) is 5.92 Å². The number of ether oxygens (including phenoxy) is 2. The van der Waals surface area contributed by atoms with Crippen LogP contribution in [0.2, 0.25) is 0 Å². The molecule has 1 atom stereocenters. The van der Waals surface area contributed by atoms with E-state index in [0.717, 1.165) is 31.5 Å². The zero-order valence-electron chi connectivity index (χ0n) is 15.6. The highest BCUT2D eigenvalue weighted by molar-refractivity contribution is 6.07. The molecule has 0 unspecified atom stereocenters. The first-order chi connectivity index (χ1) is 12.5. The fourth-order valence-electron chi connectivity index (χ4n) is 3.87. The maximum Gasteiger partial charge on any atom is 0.325 e. The number of piperidine rings is 1. The molecule has 1 aromatic carbocycles. The third kappa shape index (κ3) is 3.35. The highest BCUT2D eigenvalue weighted by Gasteiger charge is 2.52. The molecule has 3 amide bonds. The molecule has 2 aliphatic rings. The van der Waals surface area contributed by atoms with E-state index in [1.54, 1.807) is 14.2 Å². The molecule has 0 bridgehead atoms. The van der Waals surface area contributed by atoms with Crippen LogP contribution in [0.15, 0.2) is 18.2 Å². The van der Waals surface area contributed by atoms with Gasteiger partial charge in [0.25, 0.3) is 5.91 Å². The number of hydrogen-bond acceptors (Lipinski definition) is 5. The molecular weight excluding hydrogens is 334 g/mol. The topological polar surface area (TPSA) is 79.9 Å². The average molecular weight is 361 g/mol. The number of imide groups is 1. The molecular formula is C19H27N3O4. The second-order valence-corrected chi connectivity index (χ2v) is 7.05. The summed E-state index contributed by atoms with van der Waals surface area (Å²) in [4.78, 5) is 26.7. The number of amides is 3. The van der Waals surface area contributed by atoms with Crippen molar-refractivity contribution in [3.8, 4) is 11.5 Å². The summed E-state index contributed by atoms with van der Waals surface area (Å²) in [6, 6.07) is 5.34. The molecule has 0 spiro atoms. The molecule has 3 rings (SSSR count). The van der Waals surface area contributed by atoms with E-state index in [9.17, 15) is 9.59 Å². The molecule has 0 saturated carbocycles. The molecule has 0 aliphatic carbocycles. The minimum absolute atomic E-state index is 0.116. The Hall–Kier alpha value is -2.28. The molecule has 2 N–H and O–H groups in total. The molecule has 0 aromatic heterocycles. The Bertz CT molecular complexity index is 687. The number of benzene rings is 1. The molecule has 2 heterocycles. The van der Waals surface area contributed by atoms with Gasteiger partial charge in [0.15, 0.2) is 11.5 Å². The number of carbonyl (C=O) groups excluding carboxylic acids is 2. The Labute approximate surface area is 154 Å². The first-order valence-electron chi connectivity index (χ1n) is 9.05. The monoisotopic (exact) mass is 361 g/mol. The Morgan fingerprint density at radius 1 is 1.15 bits per heavy atom. The summed E-state index contributed by atoms with van der Waals surface area (Å²) < 4.78 is 10.6. The van der Waals surface area contributed by atoms with E-state index in [-0.39, 0.29) is 17.9 Å². The van der Waals surface area contributed by atoms with Gasteiger partial charge in [-0.15, -0.1) is 0 Å². The highest BCUT2D eigenvalue weighted by Crippen LogP contribution is 2.32. The van der Waals surface area contributed by atoms with E-state index < -0.39 is 5.54 Å². The van der Waals surface area contributed by atoms with Crippen LogP contribution in [0, 0.1) is 5.92 Å². The van der Waals surface area contributed by atoms with Gasteiger partial charge in [0, 0.05) is 6.54 Å². The Kier molecular flexibility index (Phi) is 5.36. The predicted molar refractivity (Wildman–Crippen MR) is 97.5 cm³/mol. The van der Waals surface area contributed by atoms with Crippen molar-refractivity contribution in [3.05, 3.63) is 23.8 Å². The number of nitrogens with one attached hydrogen (secondary N) is 2. The van der Waals surface area contributed by atoms with Crippen molar-refractivity contribution in [1.29, 1.82) is 0 Å². The summed E-state index contributed by atoms with van der Waals surface area (Å²) in [5, 5.41) is 6.24. The van der Waals surface area contributed by atoms with Crippen LogP contribution in [0.3, 0.4) is 0 Å². The zero-order chi connectivity index (χ0) is 18.7. The van der Waals surface area contributed by atoms with E-state index in [1.165, 1.54) is 4.90 Å². The molecule has 2 aliphatic heterocycles. The number of urea groups is 1. The number of hydrogen-bond donors (Lipinski definition) is 2. The van der Waals surface area contributed by atoms with Crippen LogP contribution < -0.4 is 20.1 Å². The molecule has 26 heavy (non-hydrogen) atoms. The quantitative estimate of drug-likeness (QED) is 0.752. The average Bonchev–Trinajstić information content (AvgIpc) is 2.90. The number of carbonyl (C=O) groups is 2. The van der Waals surface area contributed by atoms with E-state index >= 15 is 0 Å². The normalized spacial score (nSPS) is 23.9. The van der Waals surface area contributed by atoms with Crippen molar-refractivity contribution >= 4 is 11.9 Å². The van der Waals surface area contributed by atoms with Crippen LogP contribution >= 0.6 is 0 Å². The Balaban J connectivity index is 1.68. The molecule has 2 fully saturated rings. The Morgan fingerprint density at radius 3 is 2.50 bits per heavy atom. The Morgan fingerprint density at radius 2 is 1.85 bits per heavy atom. The largest absolute Gasteiger partial charge is 0.493 e. The van der Waals surface area contributed by atoms with Crippen LogP contribution in [0.5, 0.6) is 11.5 Å². The smallest absolute Gasteiger partial charge is 0.325 e. The first kappa shape index (κ1) is 18.5. The summed E-state index contributed by atoms with van der Waals surface area (Å²) in [5.74, 6) is 1.35. The van der Waals surface area contributed by atoms with E-state index in [0.29, 0.717) is 24.5 Å². The van der Waals surface area contributed by atoms with Crippen molar-refractivity contribution in [1.82, 2.24) is 15.5 Å². The maximum absolute atomic E-state index is 13.0. The minimum Gasteiger partial charge on any atom is -0.493 e. The van der Waals surface area contributed by atoms with Crippen LogP contribution in [0.25, 0.3) is 0 Å². The van der Waals surface area contributed by atoms with Gasteiger partial charge in [-0.2, -0.15) is 0 Å². The lowest BCUT2D eigenvalue weighted by Gasteiger charge is -2.34. The fourth-order valence-corrected chi connectivity index (χ4v) is 3.87.